The fourth-order valence-electron chi connectivity index (χ4n) is 10.4. The van der Waals surface area contributed by atoms with Crippen LogP contribution in [-0.2, 0) is 35.2 Å². The molecule has 6 heterocycles. The third-order valence-electron chi connectivity index (χ3n) is 14.4. The maximum Gasteiger partial charge on any atom is 0.329 e. The third-order valence-corrected chi connectivity index (χ3v) is 14.6. The van der Waals surface area contributed by atoms with Crippen LogP contribution in [0.25, 0.3) is 11.0 Å². The smallest absolute Gasteiger partial charge is 0.329 e. The van der Waals surface area contributed by atoms with Crippen molar-refractivity contribution in [2.45, 2.75) is 83.0 Å². The number of anilines is 1. The third kappa shape index (κ3) is 9.84. The van der Waals surface area contributed by atoms with Gasteiger partial charge in [0.1, 0.15) is 18.4 Å². The summed E-state index contributed by atoms with van der Waals surface area (Å²) in [5.74, 6) is 1.54. The Labute approximate surface area is 385 Å². The number of halogens is 1. The van der Waals surface area contributed by atoms with Gasteiger partial charge in [0.15, 0.2) is 0 Å². The molecular formula is C50H59ClN10O4. The number of amides is 2. The summed E-state index contributed by atoms with van der Waals surface area (Å²) < 4.78 is 9.34. The van der Waals surface area contributed by atoms with E-state index in [1.165, 1.54) is 32.2 Å². The largest absolute Gasteiger partial charge is 0.487 e. The summed E-state index contributed by atoms with van der Waals surface area (Å²) in [6.45, 7) is 14.9. The molecule has 4 aliphatic heterocycles. The number of hydrogen-bond acceptors (Lipinski definition) is 11. The molecule has 0 spiro atoms. The number of fused-ring (bicyclic) bond motifs is 1. The molecule has 0 bridgehead atoms. The number of nitrogens with one attached hydrogen (secondary N) is 1. The number of benzene rings is 3. The van der Waals surface area contributed by atoms with Crippen LogP contribution in [0.4, 0.5) is 5.95 Å². The number of imide groups is 1. The minimum Gasteiger partial charge on any atom is -0.487 e. The number of ether oxygens (including phenoxy) is 1. The second-order valence-electron chi connectivity index (χ2n) is 18.9. The maximum absolute atomic E-state index is 13.2. The van der Waals surface area contributed by atoms with Crippen LogP contribution in [0, 0.1) is 17.2 Å². The minimum absolute atomic E-state index is 0.232. The molecule has 15 heteroatoms. The Bertz CT molecular complexity index is 2630. The van der Waals surface area contributed by atoms with Crippen molar-refractivity contribution in [3.05, 3.63) is 116 Å². The van der Waals surface area contributed by atoms with Crippen LogP contribution >= 0.6 is 11.6 Å². The molecule has 1 atom stereocenters. The molecule has 5 aromatic rings. The molecular weight excluding hydrogens is 840 g/mol. The van der Waals surface area contributed by atoms with Crippen LogP contribution < -0.4 is 20.6 Å². The topological polar surface area (TPSA) is 145 Å². The Morgan fingerprint density at radius 1 is 0.831 bits per heavy atom. The molecule has 4 saturated heterocycles. The van der Waals surface area contributed by atoms with Crippen molar-refractivity contribution in [1.29, 1.82) is 5.26 Å². The highest BCUT2D eigenvalue weighted by Gasteiger charge is 2.33. The molecule has 14 nitrogen and oxygen atoms in total. The van der Waals surface area contributed by atoms with Gasteiger partial charge in [0.25, 0.3) is 0 Å². The van der Waals surface area contributed by atoms with E-state index in [0.29, 0.717) is 35.6 Å². The highest BCUT2D eigenvalue weighted by atomic mass is 35.5. The summed E-state index contributed by atoms with van der Waals surface area (Å²) in [6.07, 6.45) is 7.19. The Balaban J connectivity index is 0.693. The quantitative estimate of drug-likeness (QED) is 0.147. The van der Waals surface area contributed by atoms with E-state index in [9.17, 15) is 19.6 Å². The molecule has 2 aromatic heterocycles. The van der Waals surface area contributed by atoms with Crippen molar-refractivity contribution in [2.24, 2.45) is 13.0 Å². The number of piperazine rings is 1. The molecule has 2 amide bonds. The van der Waals surface area contributed by atoms with Gasteiger partial charge >= 0.3 is 5.69 Å². The summed E-state index contributed by atoms with van der Waals surface area (Å²) in [4.78, 5) is 57.3. The van der Waals surface area contributed by atoms with Gasteiger partial charge in [-0.2, -0.15) is 5.26 Å². The molecule has 1 N–H and O–H groups in total. The lowest BCUT2D eigenvalue weighted by Crippen LogP contribution is -2.54. The minimum atomic E-state index is -0.671. The summed E-state index contributed by atoms with van der Waals surface area (Å²) in [7, 11) is 1.75. The maximum atomic E-state index is 13.2. The highest BCUT2D eigenvalue weighted by Crippen LogP contribution is 2.35. The number of rotatable bonds is 12. The number of carbonyl (C=O) groups excluding carboxylic acids is 2. The molecule has 4 aliphatic rings. The van der Waals surface area contributed by atoms with E-state index in [1.807, 2.05) is 42.6 Å². The SMILES string of the molecule is Cn1c(=O)n(C2CCC(=O)NC2=O)c2ccc(CN3CCC(CN4CCC(N5CCN(c6nccc(COc7ccc(C(C)(C)c8cc(Cl)cc(C#N)c8)cc7)n6)CC5)CC4)CC3)cc21. The Morgan fingerprint density at radius 3 is 2.29 bits per heavy atom. The fraction of sp³-hybridized carbons (Fsp3) is 0.480. The van der Waals surface area contributed by atoms with Crippen molar-refractivity contribution >= 4 is 40.4 Å². The number of nitrogens with zero attached hydrogens (tertiary/aromatic N) is 9. The average Bonchev–Trinajstić information content (AvgIpc) is 3.56. The average molecular weight is 900 g/mol. The van der Waals surface area contributed by atoms with Crippen LogP contribution in [0.15, 0.2) is 77.7 Å². The van der Waals surface area contributed by atoms with Crippen molar-refractivity contribution in [3.8, 4) is 11.8 Å². The lowest BCUT2D eigenvalue weighted by atomic mass is 9.78. The zero-order chi connectivity index (χ0) is 45.2. The summed E-state index contributed by atoms with van der Waals surface area (Å²) in [5.41, 5.74) is 5.61. The van der Waals surface area contributed by atoms with Gasteiger partial charge in [-0.05, 0) is 129 Å². The van der Waals surface area contributed by atoms with Crippen LogP contribution in [0.2, 0.25) is 5.02 Å². The van der Waals surface area contributed by atoms with Crippen LogP contribution in [0.3, 0.4) is 0 Å². The number of hydrogen-bond donors (Lipinski definition) is 1. The Kier molecular flexibility index (Phi) is 13.1. The Morgan fingerprint density at radius 2 is 1.57 bits per heavy atom. The zero-order valence-corrected chi connectivity index (χ0v) is 38.5. The summed E-state index contributed by atoms with van der Waals surface area (Å²) >= 11 is 6.32. The van der Waals surface area contributed by atoms with E-state index < -0.39 is 11.9 Å². The molecule has 0 saturated carbocycles. The van der Waals surface area contributed by atoms with Gasteiger partial charge in [-0.15, -0.1) is 0 Å². The number of aromatic nitrogens is 4. The number of aryl methyl sites for hydroxylation is 1. The first-order valence-electron chi connectivity index (χ1n) is 23.2. The number of piperidine rings is 3. The fourth-order valence-corrected chi connectivity index (χ4v) is 10.6. The monoisotopic (exact) mass is 898 g/mol. The number of imidazole rings is 1. The van der Waals surface area contributed by atoms with E-state index in [0.717, 1.165) is 104 Å². The lowest BCUT2D eigenvalue weighted by Gasteiger charge is -2.43. The molecule has 340 valence electrons. The molecule has 0 radical (unpaired) electrons. The molecule has 65 heavy (non-hydrogen) atoms. The highest BCUT2D eigenvalue weighted by molar-refractivity contribution is 6.30. The molecule has 1 unspecified atom stereocenters. The zero-order valence-electron chi connectivity index (χ0n) is 37.7. The standard InChI is InChI=1S/C50H59ClN10O4/c1-50(2,38-26-36(30-52)27-39(51)29-38)37-5-7-42(8-6-37)65-33-40-12-17-53-48(54-40)60-24-22-59(23-25-60)41-15-20-58(21-16-41)31-34-13-18-57(19-14-34)32-35-4-9-43-45(28-35)56(3)49(64)61(43)44-10-11-46(62)55-47(44)63/h4-9,12,17,26-29,34,41,44H,10-11,13-16,18-25,31-33H2,1-3H3,(H,55,62,63). The molecule has 0 aliphatic carbocycles. The first-order chi connectivity index (χ1) is 31.4. The van der Waals surface area contributed by atoms with Gasteiger partial charge in [-0.3, -0.25) is 33.8 Å². The van der Waals surface area contributed by atoms with Gasteiger partial charge < -0.3 is 14.5 Å². The lowest BCUT2D eigenvalue weighted by molar-refractivity contribution is -0.135. The van der Waals surface area contributed by atoms with Crippen LogP contribution in [-0.4, -0.2) is 111 Å². The molecule has 9 rings (SSSR count). The number of likely N-dealkylation sites (tertiary alicyclic amines) is 2. The van der Waals surface area contributed by atoms with E-state index in [1.54, 1.807) is 22.2 Å². The first-order valence-corrected chi connectivity index (χ1v) is 23.5. The number of nitriles is 1. The van der Waals surface area contributed by atoms with Gasteiger partial charge in [0.05, 0.1) is 28.4 Å². The second kappa shape index (κ2) is 19.1. The van der Waals surface area contributed by atoms with Gasteiger partial charge in [0, 0.05) is 75.4 Å². The van der Waals surface area contributed by atoms with Crippen molar-refractivity contribution in [2.75, 3.05) is 63.8 Å². The van der Waals surface area contributed by atoms with E-state index in [2.05, 4.69) is 74.1 Å². The van der Waals surface area contributed by atoms with Crippen molar-refractivity contribution in [1.82, 2.24) is 39.1 Å². The Hall–Kier alpha value is -5.59. The van der Waals surface area contributed by atoms with E-state index in [-0.39, 0.29) is 23.4 Å². The van der Waals surface area contributed by atoms with Crippen LogP contribution in [0.5, 0.6) is 5.75 Å². The van der Waals surface area contributed by atoms with Gasteiger partial charge in [-0.1, -0.05) is 43.6 Å². The normalized spacial score (nSPS) is 20.0. The second-order valence-corrected chi connectivity index (χ2v) is 19.3. The van der Waals surface area contributed by atoms with Gasteiger partial charge in [0.2, 0.25) is 17.8 Å². The van der Waals surface area contributed by atoms with Crippen molar-refractivity contribution in [3.63, 3.8) is 0 Å². The predicted octanol–water partition coefficient (Wildman–Crippen LogP) is 6.04. The van der Waals surface area contributed by atoms with Gasteiger partial charge in [-0.25, -0.2) is 14.8 Å². The summed E-state index contributed by atoms with van der Waals surface area (Å²) in [6, 6.07) is 23.8. The number of carbonyl (C=O) groups is 2. The van der Waals surface area contributed by atoms with Crippen molar-refractivity contribution < 1.29 is 14.3 Å². The first kappa shape index (κ1) is 44.6. The van der Waals surface area contributed by atoms with E-state index >= 15 is 0 Å². The molecule has 4 fully saturated rings. The molecule has 3 aromatic carbocycles. The predicted molar refractivity (Wildman–Crippen MR) is 251 cm³/mol. The summed E-state index contributed by atoms with van der Waals surface area (Å²) in [5, 5.41) is 12.4. The van der Waals surface area contributed by atoms with Crippen LogP contribution in [0.1, 0.15) is 86.4 Å². The van der Waals surface area contributed by atoms with E-state index in [4.69, 9.17) is 21.3 Å².